The Balaban J connectivity index is 1.66. The molecular weight excluding hydrogens is 444 g/mol. The molecule has 0 spiro atoms. The monoisotopic (exact) mass is 480 g/mol. The number of nitrogens with one attached hydrogen (secondary N) is 2. The molecule has 0 radical (unpaired) electrons. The summed E-state index contributed by atoms with van der Waals surface area (Å²) in [6.07, 6.45) is 0.817. The van der Waals surface area contributed by atoms with E-state index in [0.29, 0.717) is 12.8 Å². The largest absolute Gasteiger partial charge is 0.480 e. The van der Waals surface area contributed by atoms with Crippen molar-refractivity contribution in [3.63, 3.8) is 0 Å². The Bertz CT molecular complexity index is 1010. The lowest BCUT2D eigenvalue weighted by Gasteiger charge is -2.24. The molecule has 7 nitrogen and oxygen atoms in total. The van der Waals surface area contributed by atoms with Crippen LogP contribution in [0.2, 0.25) is 0 Å². The molecule has 7 heteroatoms. The minimum absolute atomic E-state index is 0.0857. The van der Waals surface area contributed by atoms with Crippen molar-refractivity contribution in [2.24, 2.45) is 11.8 Å². The van der Waals surface area contributed by atoms with Gasteiger partial charge in [0.05, 0.1) is 0 Å². The third kappa shape index (κ3) is 6.62. The van der Waals surface area contributed by atoms with E-state index in [-0.39, 0.29) is 24.4 Å². The Labute approximate surface area is 207 Å². The highest BCUT2D eigenvalue weighted by Gasteiger charge is 2.31. The number of carboxylic acid groups (broad SMARTS) is 1. The maximum Gasteiger partial charge on any atom is 0.407 e. The number of hydrogen-bond donors (Lipinski definition) is 3. The van der Waals surface area contributed by atoms with Crippen molar-refractivity contribution in [1.82, 2.24) is 10.6 Å². The summed E-state index contributed by atoms with van der Waals surface area (Å²) in [5.74, 6) is -1.42. The SMILES string of the molecule is CCC(C)CC(NC(=O)C(CC(C)C)NC(=O)OCC1c2ccccc2-c2ccccc21)C(=O)O. The summed E-state index contributed by atoms with van der Waals surface area (Å²) in [5, 5.41) is 14.8. The number of aliphatic carboxylic acids is 1. The summed E-state index contributed by atoms with van der Waals surface area (Å²) < 4.78 is 5.59. The molecule has 3 unspecified atom stereocenters. The van der Waals surface area contributed by atoms with Gasteiger partial charge in [-0.05, 0) is 46.9 Å². The molecule has 0 saturated carbocycles. The lowest BCUT2D eigenvalue weighted by Crippen LogP contribution is -2.52. The highest BCUT2D eigenvalue weighted by molar-refractivity contribution is 5.89. The quantitative estimate of drug-likeness (QED) is 0.422. The van der Waals surface area contributed by atoms with Gasteiger partial charge in [-0.2, -0.15) is 0 Å². The van der Waals surface area contributed by atoms with Crippen LogP contribution in [0.15, 0.2) is 48.5 Å². The number of carbonyl (C=O) groups is 3. The highest BCUT2D eigenvalue weighted by atomic mass is 16.5. The zero-order chi connectivity index (χ0) is 25.5. The predicted octanol–water partition coefficient (Wildman–Crippen LogP) is 4.95. The Morgan fingerprint density at radius 2 is 1.46 bits per heavy atom. The average molecular weight is 481 g/mol. The van der Waals surface area contributed by atoms with Crippen LogP contribution in [0.3, 0.4) is 0 Å². The average Bonchev–Trinajstić information content (AvgIpc) is 3.15. The maximum atomic E-state index is 12.9. The Morgan fingerprint density at radius 1 is 0.886 bits per heavy atom. The summed E-state index contributed by atoms with van der Waals surface area (Å²) in [7, 11) is 0. The third-order valence-corrected chi connectivity index (χ3v) is 6.61. The van der Waals surface area contributed by atoms with Crippen LogP contribution in [0.4, 0.5) is 4.79 Å². The van der Waals surface area contributed by atoms with Gasteiger partial charge in [0.1, 0.15) is 18.7 Å². The van der Waals surface area contributed by atoms with E-state index in [1.807, 2.05) is 64.1 Å². The van der Waals surface area contributed by atoms with Gasteiger partial charge in [0.25, 0.3) is 0 Å². The number of rotatable bonds is 11. The lowest BCUT2D eigenvalue weighted by atomic mass is 9.98. The summed E-state index contributed by atoms with van der Waals surface area (Å²) in [6, 6.07) is 14.3. The first-order chi connectivity index (χ1) is 16.7. The third-order valence-electron chi connectivity index (χ3n) is 6.61. The van der Waals surface area contributed by atoms with Crippen LogP contribution in [0.1, 0.15) is 64.0 Å². The first-order valence-corrected chi connectivity index (χ1v) is 12.4. The van der Waals surface area contributed by atoms with E-state index >= 15 is 0 Å². The molecule has 188 valence electrons. The fraction of sp³-hybridized carbons (Fsp3) is 0.464. The minimum atomic E-state index is -1.08. The molecular formula is C28H36N2O5. The molecule has 1 aliphatic rings. The van der Waals surface area contributed by atoms with Crippen LogP contribution in [-0.4, -0.2) is 41.8 Å². The van der Waals surface area contributed by atoms with Gasteiger partial charge >= 0.3 is 12.1 Å². The number of carboxylic acids is 1. The summed E-state index contributed by atoms with van der Waals surface area (Å²) in [5.41, 5.74) is 4.48. The standard InChI is InChI=1S/C28H36N2O5/c1-5-18(4)15-25(27(32)33)29-26(31)24(14-17(2)3)30-28(34)35-16-23-21-12-8-6-10-19(21)20-11-7-9-13-22(20)23/h6-13,17-18,23-25H,5,14-16H2,1-4H3,(H,29,31)(H,30,34)(H,32,33). The molecule has 2 aromatic carbocycles. The fourth-order valence-electron chi connectivity index (χ4n) is 4.55. The molecule has 0 saturated heterocycles. The molecule has 3 N–H and O–H groups in total. The Hall–Kier alpha value is -3.35. The summed E-state index contributed by atoms with van der Waals surface area (Å²) in [6.45, 7) is 7.94. The molecule has 0 fully saturated rings. The first-order valence-electron chi connectivity index (χ1n) is 12.4. The number of amides is 2. The van der Waals surface area contributed by atoms with Gasteiger partial charge in [-0.1, -0.05) is 82.6 Å². The topological polar surface area (TPSA) is 105 Å². The molecule has 2 aromatic rings. The van der Waals surface area contributed by atoms with Crippen molar-refractivity contribution in [2.45, 2.75) is 65.0 Å². The Kier molecular flexibility index (Phi) is 8.90. The maximum absolute atomic E-state index is 12.9. The van der Waals surface area contributed by atoms with Crippen molar-refractivity contribution in [3.05, 3.63) is 59.7 Å². The van der Waals surface area contributed by atoms with Gasteiger partial charge in [-0.15, -0.1) is 0 Å². The van der Waals surface area contributed by atoms with Crippen molar-refractivity contribution < 1.29 is 24.2 Å². The molecule has 3 atom stereocenters. The zero-order valence-corrected chi connectivity index (χ0v) is 20.9. The summed E-state index contributed by atoms with van der Waals surface area (Å²) >= 11 is 0. The van der Waals surface area contributed by atoms with Crippen LogP contribution >= 0.6 is 0 Å². The number of alkyl carbamates (subject to hydrolysis) is 1. The second kappa shape index (κ2) is 11.9. The van der Waals surface area contributed by atoms with E-state index in [4.69, 9.17) is 4.74 Å². The van der Waals surface area contributed by atoms with E-state index in [1.54, 1.807) is 0 Å². The minimum Gasteiger partial charge on any atom is -0.480 e. The predicted molar refractivity (Wildman–Crippen MR) is 135 cm³/mol. The van der Waals surface area contributed by atoms with Gasteiger partial charge in [0, 0.05) is 5.92 Å². The van der Waals surface area contributed by atoms with E-state index in [1.165, 1.54) is 0 Å². The first kappa shape index (κ1) is 26.3. The zero-order valence-electron chi connectivity index (χ0n) is 20.9. The molecule has 0 heterocycles. The van der Waals surface area contributed by atoms with E-state index < -0.39 is 30.1 Å². The van der Waals surface area contributed by atoms with E-state index in [0.717, 1.165) is 28.7 Å². The molecule has 2 amide bonds. The second-order valence-electron chi connectivity index (χ2n) is 9.80. The lowest BCUT2D eigenvalue weighted by molar-refractivity contribution is -0.142. The van der Waals surface area contributed by atoms with Gasteiger partial charge in [0.2, 0.25) is 5.91 Å². The molecule has 0 bridgehead atoms. The number of fused-ring (bicyclic) bond motifs is 3. The molecule has 0 aromatic heterocycles. The molecule has 1 aliphatic carbocycles. The highest BCUT2D eigenvalue weighted by Crippen LogP contribution is 2.44. The molecule has 0 aliphatic heterocycles. The van der Waals surface area contributed by atoms with Gasteiger partial charge < -0.3 is 20.5 Å². The Morgan fingerprint density at radius 3 is 1.97 bits per heavy atom. The number of benzene rings is 2. The van der Waals surface area contributed by atoms with Gasteiger partial charge in [0.15, 0.2) is 0 Å². The van der Waals surface area contributed by atoms with Crippen LogP contribution in [0.25, 0.3) is 11.1 Å². The normalized spacial score (nSPS) is 15.0. The fourth-order valence-corrected chi connectivity index (χ4v) is 4.55. The van der Waals surface area contributed by atoms with Crippen molar-refractivity contribution in [1.29, 1.82) is 0 Å². The van der Waals surface area contributed by atoms with Crippen LogP contribution in [-0.2, 0) is 14.3 Å². The van der Waals surface area contributed by atoms with E-state index in [2.05, 4.69) is 22.8 Å². The molecule has 3 rings (SSSR count). The van der Waals surface area contributed by atoms with Crippen LogP contribution < -0.4 is 10.6 Å². The van der Waals surface area contributed by atoms with Gasteiger partial charge in [-0.3, -0.25) is 4.79 Å². The van der Waals surface area contributed by atoms with Crippen LogP contribution in [0.5, 0.6) is 0 Å². The number of ether oxygens (including phenoxy) is 1. The number of hydrogen-bond acceptors (Lipinski definition) is 4. The van der Waals surface area contributed by atoms with Gasteiger partial charge in [-0.25, -0.2) is 9.59 Å². The van der Waals surface area contributed by atoms with E-state index in [9.17, 15) is 19.5 Å². The summed E-state index contributed by atoms with van der Waals surface area (Å²) in [4.78, 5) is 37.4. The second-order valence-corrected chi connectivity index (χ2v) is 9.80. The van der Waals surface area contributed by atoms with Crippen molar-refractivity contribution in [3.8, 4) is 11.1 Å². The number of carbonyl (C=O) groups excluding carboxylic acids is 2. The molecule has 35 heavy (non-hydrogen) atoms. The van der Waals surface area contributed by atoms with Crippen molar-refractivity contribution >= 4 is 18.0 Å². The van der Waals surface area contributed by atoms with Crippen LogP contribution in [0, 0.1) is 11.8 Å². The van der Waals surface area contributed by atoms with Crippen molar-refractivity contribution in [2.75, 3.05) is 6.61 Å². The smallest absolute Gasteiger partial charge is 0.407 e.